The first kappa shape index (κ1) is 37.9. The molecule has 0 aromatic carbocycles. The van der Waals surface area contributed by atoms with Crippen molar-refractivity contribution < 1.29 is 9.53 Å². The summed E-state index contributed by atoms with van der Waals surface area (Å²) in [5, 5.41) is 0. The molecule has 0 rings (SSSR count). The van der Waals surface area contributed by atoms with Gasteiger partial charge in [-0.3, -0.25) is 0 Å². The second kappa shape index (κ2) is 25.9. The van der Waals surface area contributed by atoms with Crippen LogP contribution in [0.15, 0.2) is 12.8 Å². The molecular formula is C34H68ClO2P. The van der Waals surface area contributed by atoms with Gasteiger partial charge in [-0.15, -0.1) is 0 Å². The summed E-state index contributed by atoms with van der Waals surface area (Å²) in [6.45, 7) is 10.5. The summed E-state index contributed by atoms with van der Waals surface area (Å²) in [4.78, 5) is 12.8. The minimum atomic E-state index is -2.69. The van der Waals surface area contributed by atoms with Crippen molar-refractivity contribution in [2.24, 2.45) is 0 Å². The summed E-state index contributed by atoms with van der Waals surface area (Å²) < 4.78 is 5.28. The van der Waals surface area contributed by atoms with Crippen LogP contribution in [0, 0.1) is 0 Å². The maximum atomic E-state index is 12.8. The molecule has 0 radical (unpaired) electrons. The van der Waals surface area contributed by atoms with E-state index in [4.69, 9.17) is 16.0 Å². The molecule has 38 heavy (non-hydrogen) atoms. The molecule has 0 saturated heterocycles. The van der Waals surface area contributed by atoms with Crippen LogP contribution in [-0.2, 0) is 9.53 Å². The van der Waals surface area contributed by atoms with Crippen molar-refractivity contribution in [3.63, 3.8) is 0 Å². The fraction of sp³-hybridized carbons (Fsp3) is 0.912. The Bertz CT molecular complexity index is 498. The van der Waals surface area contributed by atoms with Crippen LogP contribution in [0.5, 0.6) is 0 Å². The molecule has 4 heteroatoms. The van der Waals surface area contributed by atoms with E-state index in [9.17, 15) is 4.79 Å². The summed E-state index contributed by atoms with van der Waals surface area (Å²) in [6.07, 6.45) is 36.3. The van der Waals surface area contributed by atoms with Crippen molar-refractivity contribution in [2.75, 3.05) is 24.6 Å². The standard InChI is InChI=1S/C34H68ClO2P/c1-5-9-12-15-18-21-24-27-30-38(35,33-34(36)37-8-4,31-28-25-22-19-16-13-10-6-2)32-29-26-23-20-17-14-11-7-3/h8H,4-7,9-33H2,1-3H3. The van der Waals surface area contributed by atoms with E-state index in [1.54, 1.807) is 0 Å². The first-order valence-electron chi connectivity index (χ1n) is 17.0. The van der Waals surface area contributed by atoms with E-state index in [1.165, 1.54) is 160 Å². The summed E-state index contributed by atoms with van der Waals surface area (Å²) >= 11 is 7.87. The van der Waals surface area contributed by atoms with Crippen LogP contribution < -0.4 is 0 Å². The number of halogens is 1. The van der Waals surface area contributed by atoms with Crippen molar-refractivity contribution in [3.05, 3.63) is 12.8 Å². The van der Waals surface area contributed by atoms with Gasteiger partial charge in [-0.25, -0.2) is 0 Å². The topological polar surface area (TPSA) is 26.3 Å². The predicted molar refractivity (Wildman–Crippen MR) is 176 cm³/mol. The van der Waals surface area contributed by atoms with Gasteiger partial charge < -0.3 is 0 Å². The molecule has 0 amide bonds. The van der Waals surface area contributed by atoms with E-state index in [0.717, 1.165) is 18.5 Å². The van der Waals surface area contributed by atoms with Crippen LogP contribution in [0.25, 0.3) is 0 Å². The monoisotopic (exact) mass is 574 g/mol. The number of carbonyl (C=O) groups is 1. The van der Waals surface area contributed by atoms with Gasteiger partial charge in [0.15, 0.2) is 0 Å². The number of esters is 1. The van der Waals surface area contributed by atoms with Gasteiger partial charge in [0.2, 0.25) is 0 Å². The molecule has 0 saturated carbocycles. The van der Waals surface area contributed by atoms with E-state index in [1.807, 2.05) is 0 Å². The molecule has 0 heterocycles. The summed E-state index contributed by atoms with van der Waals surface area (Å²) in [5.41, 5.74) is 0. The normalized spacial score (nSPS) is 12.8. The zero-order chi connectivity index (χ0) is 28.2. The zero-order valence-corrected chi connectivity index (χ0v) is 27.9. The van der Waals surface area contributed by atoms with Gasteiger partial charge in [-0.1, -0.05) is 0 Å². The van der Waals surface area contributed by atoms with Crippen molar-refractivity contribution in [1.29, 1.82) is 0 Å². The van der Waals surface area contributed by atoms with Gasteiger partial charge >= 0.3 is 245 Å². The molecule has 0 aromatic heterocycles. The van der Waals surface area contributed by atoms with Gasteiger partial charge in [0.1, 0.15) is 0 Å². The van der Waals surface area contributed by atoms with Crippen LogP contribution in [0.2, 0.25) is 0 Å². The van der Waals surface area contributed by atoms with Gasteiger partial charge in [-0.2, -0.15) is 0 Å². The number of rotatable bonds is 30. The Labute approximate surface area is 244 Å². The van der Waals surface area contributed by atoms with Crippen molar-refractivity contribution >= 4 is 23.2 Å². The quantitative estimate of drug-likeness (QED) is 0.0369. The number of ether oxygens (including phenoxy) is 1. The molecule has 0 aliphatic rings. The van der Waals surface area contributed by atoms with Crippen LogP contribution in [-0.4, -0.2) is 30.6 Å². The fourth-order valence-electron chi connectivity index (χ4n) is 5.95. The third-order valence-corrected chi connectivity index (χ3v) is 15.7. The Hall–Kier alpha value is -0.0700. The van der Waals surface area contributed by atoms with Crippen molar-refractivity contribution in [2.45, 2.75) is 175 Å². The molecule has 0 unspecified atom stereocenters. The van der Waals surface area contributed by atoms with Crippen LogP contribution in [0.1, 0.15) is 175 Å². The van der Waals surface area contributed by atoms with E-state index in [-0.39, 0.29) is 5.97 Å². The fourth-order valence-corrected chi connectivity index (χ4v) is 12.2. The molecule has 0 N–H and O–H groups in total. The van der Waals surface area contributed by atoms with Crippen molar-refractivity contribution in [3.8, 4) is 0 Å². The SMILES string of the molecule is C=COC(=O)CP(Cl)(CCCCCCCCCC)(CCCCCCCCCC)CCCCCCCCCC. The molecule has 228 valence electrons. The Kier molecular flexibility index (Phi) is 25.8. The average molecular weight is 575 g/mol. The molecule has 0 atom stereocenters. The van der Waals surface area contributed by atoms with Crippen LogP contribution >= 0.6 is 17.2 Å². The summed E-state index contributed by atoms with van der Waals surface area (Å²) in [7, 11) is 0. The van der Waals surface area contributed by atoms with E-state index in [0.29, 0.717) is 6.16 Å². The second-order valence-corrected chi connectivity index (χ2v) is 20.4. The molecule has 0 aliphatic heterocycles. The molecule has 0 spiro atoms. The van der Waals surface area contributed by atoms with E-state index < -0.39 is 5.96 Å². The minimum absolute atomic E-state index is 0.147. The van der Waals surface area contributed by atoms with E-state index >= 15 is 0 Å². The number of hydrogen-bond acceptors (Lipinski definition) is 2. The molecule has 2 nitrogen and oxygen atoms in total. The Morgan fingerprint density at radius 3 is 1.08 bits per heavy atom. The Morgan fingerprint density at radius 2 is 0.816 bits per heavy atom. The molecule has 0 bridgehead atoms. The number of unbranched alkanes of at least 4 members (excludes halogenated alkanes) is 21. The summed E-state index contributed by atoms with van der Waals surface area (Å²) in [5.74, 6) is -2.84. The Balaban J connectivity index is 5.03. The van der Waals surface area contributed by atoms with Crippen molar-refractivity contribution in [1.82, 2.24) is 0 Å². The predicted octanol–water partition coefficient (Wildman–Crippen LogP) is 12.8. The van der Waals surface area contributed by atoms with Crippen LogP contribution in [0.4, 0.5) is 0 Å². The zero-order valence-electron chi connectivity index (χ0n) is 26.2. The van der Waals surface area contributed by atoms with Gasteiger partial charge in [-0.05, 0) is 0 Å². The molecule has 0 aliphatic carbocycles. The van der Waals surface area contributed by atoms with E-state index in [2.05, 4.69) is 27.4 Å². The first-order chi connectivity index (χ1) is 18.4. The third-order valence-electron chi connectivity index (χ3n) is 8.45. The maximum absolute atomic E-state index is 12.8. The summed E-state index contributed by atoms with van der Waals surface area (Å²) in [6, 6.07) is 0. The molecule has 0 aromatic rings. The van der Waals surface area contributed by atoms with Gasteiger partial charge in [0, 0.05) is 0 Å². The van der Waals surface area contributed by atoms with Gasteiger partial charge in [0.25, 0.3) is 0 Å². The molecule has 0 fully saturated rings. The first-order valence-corrected chi connectivity index (χ1v) is 20.8. The second-order valence-electron chi connectivity index (χ2n) is 12.2. The van der Waals surface area contributed by atoms with Crippen LogP contribution in [0.3, 0.4) is 0 Å². The van der Waals surface area contributed by atoms with Gasteiger partial charge in [0.05, 0.1) is 0 Å². The number of hydrogen-bond donors (Lipinski definition) is 0. The number of carbonyl (C=O) groups excluding carboxylic acids is 1. The third kappa shape index (κ3) is 21.7. The molecular weight excluding hydrogens is 507 g/mol. The Morgan fingerprint density at radius 1 is 0.553 bits per heavy atom. The average Bonchev–Trinajstić information content (AvgIpc) is 2.89.